The minimum atomic E-state index is -0.459. The fourth-order valence-corrected chi connectivity index (χ4v) is 1.40. The molecule has 3 N–H and O–H groups in total. The molecule has 0 unspecified atom stereocenters. The van der Waals surface area contributed by atoms with Gasteiger partial charge in [0.2, 0.25) is 0 Å². The quantitative estimate of drug-likeness (QED) is 0.591. The van der Waals surface area contributed by atoms with Crippen molar-refractivity contribution in [1.29, 1.82) is 0 Å². The third-order valence-electron chi connectivity index (χ3n) is 2.22. The third kappa shape index (κ3) is 16.2. The standard InChI is InChI=1S/C11H15NO2.C6H7N.2C2H6/c1-11(2,3)14-10(13)12-9-7-5-4-6-8-9;7-6-4-2-1-3-5-6;2*1-2/h4-8H,1-3H3,(H,12,13);1-5H,7H2;2*1-2H3. The van der Waals surface area contributed by atoms with Crippen molar-refractivity contribution in [3.05, 3.63) is 60.7 Å². The molecule has 0 radical (unpaired) electrons. The van der Waals surface area contributed by atoms with Crippen LogP contribution in [0.2, 0.25) is 0 Å². The number of ether oxygens (including phenoxy) is 1. The van der Waals surface area contributed by atoms with Crippen LogP contribution >= 0.6 is 0 Å². The molecule has 1 amide bonds. The van der Waals surface area contributed by atoms with Crippen molar-refractivity contribution >= 4 is 17.5 Å². The van der Waals surface area contributed by atoms with Gasteiger partial charge >= 0.3 is 6.09 Å². The number of amides is 1. The Morgan fingerprint density at radius 3 is 1.56 bits per heavy atom. The topological polar surface area (TPSA) is 64.3 Å². The molecule has 0 aliphatic rings. The third-order valence-corrected chi connectivity index (χ3v) is 2.22. The summed E-state index contributed by atoms with van der Waals surface area (Å²) in [5.74, 6) is 0. The smallest absolute Gasteiger partial charge is 0.412 e. The number of carbonyl (C=O) groups excluding carboxylic acids is 1. The van der Waals surface area contributed by atoms with Crippen molar-refractivity contribution in [2.45, 2.75) is 54.1 Å². The van der Waals surface area contributed by atoms with Gasteiger partial charge in [-0.05, 0) is 45.0 Å². The maximum atomic E-state index is 11.3. The highest BCUT2D eigenvalue weighted by Crippen LogP contribution is 2.10. The summed E-state index contributed by atoms with van der Waals surface area (Å²) in [6.07, 6.45) is -0.427. The van der Waals surface area contributed by atoms with Gasteiger partial charge in [0.25, 0.3) is 0 Å². The van der Waals surface area contributed by atoms with Crippen LogP contribution in [-0.2, 0) is 4.74 Å². The van der Waals surface area contributed by atoms with E-state index in [2.05, 4.69) is 5.32 Å². The first-order chi connectivity index (χ1) is 11.9. The van der Waals surface area contributed by atoms with Crippen molar-refractivity contribution < 1.29 is 9.53 Å². The van der Waals surface area contributed by atoms with E-state index in [9.17, 15) is 4.79 Å². The van der Waals surface area contributed by atoms with E-state index in [-0.39, 0.29) is 0 Å². The van der Waals surface area contributed by atoms with Gasteiger partial charge in [-0.25, -0.2) is 4.79 Å². The average Bonchev–Trinajstić information content (AvgIpc) is 2.59. The molecule has 2 aromatic carbocycles. The molecule has 140 valence electrons. The molecular weight excluding hydrogens is 312 g/mol. The molecule has 0 aliphatic carbocycles. The molecule has 2 rings (SSSR count). The van der Waals surface area contributed by atoms with E-state index in [0.717, 1.165) is 11.4 Å². The molecule has 0 aromatic heterocycles. The summed E-state index contributed by atoms with van der Waals surface area (Å²) in [7, 11) is 0. The van der Waals surface area contributed by atoms with Gasteiger partial charge in [-0.1, -0.05) is 64.1 Å². The molecule has 25 heavy (non-hydrogen) atoms. The van der Waals surface area contributed by atoms with Gasteiger partial charge in [0.15, 0.2) is 0 Å². The van der Waals surface area contributed by atoms with E-state index in [1.165, 1.54) is 0 Å². The summed E-state index contributed by atoms with van der Waals surface area (Å²) >= 11 is 0. The minimum absolute atomic E-state index is 0.427. The largest absolute Gasteiger partial charge is 0.444 e. The van der Waals surface area contributed by atoms with Gasteiger partial charge in [0, 0.05) is 11.4 Å². The van der Waals surface area contributed by atoms with E-state index >= 15 is 0 Å². The fourth-order valence-electron chi connectivity index (χ4n) is 1.40. The number of hydrogen-bond acceptors (Lipinski definition) is 3. The number of carbonyl (C=O) groups is 1. The highest BCUT2D eigenvalue weighted by atomic mass is 16.6. The Balaban J connectivity index is 0. The first-order valence-corrected chi connectivity index (χ1v) is 8.72. The lowest BCUT2D eigenvalue weighted by Crippen LogP contribution is -2.27. The van der Waals surface area contributed by atoms with Crippen LogP contribution in [-0.4, -0.2) is 11.7 Å². The van der Waals surface area contributed by atoms with Crippen LogP contribution in [0.25, 0.3) is 0 Å². The lowest BCUT2D eigenvalue weighted by Gasteiger charge is -2.19. The molecule has 0 aliphatic heterocycles. The van der Waals surface area contributed by atoms with Crippen LogP contribution in [0.3, 0.4) is 0 Å². The maximum absolute atomic E-state index is 11.3. The first-order valence-electron chi connectivity index (χ1n) is 8.72. The van der Waals surface area contributed by atoms with E-state index in [0.29, 0.717) is 0 Å². The molecule has 0 spiro atoms. The zero-order valence-electron chi connectivity index (χ0n) is 16.7. The summed E-state index contributed by atoms with van der Waals surface area (Å²) in [5.41, 5.74) is 6.46. The zero-order valence-corrected chi connectivity index (χ0v) is 16.7. The van der Waals surface area contributed by atoms with Gasteiger partial charge in [0.1, 0.15) is 5.60 Å². The number of nitrogen functional groups attached to an aromatic ring is 1. The number of nitrogens with two attached hydrogens (primary N) is 1. The number of hydrogen-bond donors (Lipinski definition) is 2. The Morgan fingerprint density at radius 1 is 0.840 bits per heavy atom. The van der Waals surface area contributed by atoms with Crippen molar-refractivity contribution in [1.82, 2.24) is 0 Å². The summed E-state index contributed by atoms with van der Waals surface area (Å²) in [6, 6.07) is 18.7. The van der Waals surface area contributed by atoms with Crippen LogP contribution < -0.4 is 11.1 Å². The normalized spacial score (nSPS) is 8.92. The van der Waals surface area contributed by atoms with Gasteiger partial charge in [-0.2, -0.15) is 0 Å². The van der Waals surface area contributed by atoms with Gasteiger partial charge in [-0.15, -0.1) is 0 Å². The van der Waals surface area contributed by atoms with Crippen LogP contribution in [0.1, 0.15) is 48.5 Å². The van der Waals surface area contributed by atoms with E-state index in [1.54, 1.807) is 0 Å². The molecule has 2 aromatic rings. The average molecular weight is 347 g/mol. The van der Waals surface area contributed by atoms with Crippen molar-refractivity contribution in [3.8, 4) is 0 Å². The second-order valence-electron chi connectivity index (χ2n) is 5.40. The van der Waals surface area contributed by atoms with Crippen LogP contribution in [0.4, 0.5) is 16.2 Å². The van der Waals surface area contributed by atoms with Gasteiger partial charge < -0.3 is 10.5 Å². The monoisotopic (exact) mass is 346 g/mol. The molecule has 0 saturated heterocycles. The lowest BCUT2D eigenvalue weighted by molar-refractivity contribution is 0.0636. The number of anilines is 2. The first kappa shape index (κ1) is 24.8. The van der Waals surface area contributed by atoms with Crippen LogP contribution in [0.5, 0.6) is 0 Å². The van der Waals surface area contributed by atoms with E-state index in [4.69, 9.17) is 10.5 Å². The predicted octanol–water partition coefficient (Wildman–Crippen LogP) is 6.35. The SMILES string of the molecule is CC.CC.CC(C)(C)OC(=O)Nc1ccccc1.Nc1ccccc1. The molecule has 0 bridgehead atoms. The molecule has 0 atom stereocenters. The highest BCUT2D eigenvalue weighted by molar-refractivity contribution is 5.84. The fraction of sp³-hybridized carbons (Fsp3) is 0.381. The van der Waals surface area contributed by atoms with Crippen LogP contribution in [0.15, 0.2) is 60.7 Å². The highest BCUT2D eigenvalue weighted by Gasteiger charge is 2.15. The van der Waals surface area contributed by atoms with Crippen LogP contribution in [0, 0.1) is 0 Å². The van der Waals surface area contributed by atoms with E-state index < -0.39 is 11.7 Å². The molecular formula is C21H34N2O2. The number of benzene rings is 2. The Bertz CT molecular complexity index is 535. The number of rotatable bonds is 1. The minimum Gasteiger partial charge on any atom is -0.444 e. The van der Waals surface area contributed by atoms with Gasteiger partial charge in [0.05, 0.1) is 0 Å². The Morgan fingerprint density at radius 2 is 1.24 bits per heavy atom. The maximum Gasteiger partial charge on any atom is 0.412 e. The molecule has 0 saturated carbocycles. The summed E-state index contributed by atoms with van der Waals surface area (Å²) < 4.78 is 5.09. The Kier molecular flexibility index (Phi) is 14.9. The number of para-hydroxylation sites is 2. The lowest BCUT2D eigenvalue weighted by atomic mass is 10.2. The second-order valence-corrected chi connectivity index (χ2v) is 5.40. The summed E-state index contributed by atoms with van der Waals surface area (Å²) in [4.78, 5) is 11.3. The van der Waals surface area contributed by atoms with Gasteiger partial charge in [-0.3, -0.25) is 5.32 Å². The summed E-state index contributed by atoms with van der Waals surface area (Å²) in [5, 5.41) is 2.64. The Hall–Kier alpha value is -2.49. The summed E-state index contributed by atoms with van der Waals surface area (Å²) in [6.45, 7) is 13.5. The molecule has 4 nitrogen and oxygen atoms in total. The number of nitrogens with one attached hydrogen (secondary N) is 1. The molecule has 0 fully saturated rings. The van der Waals surface area contributed by atoms with Crippen molar-refractivity contribution in [2.75, 3.05) is 11.1 Å². The zero-order chi connectivity index (χ0) is 19.7. The van der Waals surface area contributed by atoms with Crippen molar-refractivity contribution in [3.63, 3.8) is 0 Å². The van der Waals surface area contributed by atoms with Crippen molar-refractivity contribution in [2.24, 2.45) is 0 Å². The molecule has 4 heteroatoms. The Labute approximate surface area is 153 Å². The van der Waals surface area contributed by atoms with E-state index in [1.807, 2.05) is 109 Å². The second kappa shape index (κ2) is 15.1. The molecule has 0 heterocycles. The predicted molar refractivity (Wildman–Crippen MR) is 110 cm³/mol.